The molecule has 0 unspecified atom stereocenters. The molecule has 1 fully saturated rings. The van der Waals surface area contributed by atoms with Gasteiger partial charge in [0.1, 0.15) is 11.8 Å². The number of anilines is 2. The van der Waals surface area contributed by atoms with Gasteiger partial charge in [-0.15, -0.1) is 10.2 Å². The fourth-order valence-corrected chi connectivity index (χ4v) is 3.50. The first kappa shape index (κ1) is 16.6. The van der Waals surface area contributed by atoms with Crippen LogP contribution in [0.25, 0.3) is 22.3 Å². The third-order valence-corrected chi connectivity index (χ3v) is 5.02. The fourth-order valence-electron chi connectivity index (χ4n) is 3.50. The van der Waals surface area contributed by atoms with Gasteiger partial charge in [0.15, 0.2) is 11.6 Å². The molecule has 0 bridgehead atoms. The number of fused-ring (bicyclic) bond motifs is 1. The van der Waals surface area contributed by atoms with E-state index >= 15 is 0 Å². The Hall–Kier alpha value is -3.55. The zero-order valence-electron chi connectivity index (χ0n) is 15.5. The van der Waals surface area contributed by atoms with E-state index in [0.29, 0.717) is 5.92 Å². The zero-order chi connectivity index (χ0) is 18.9. The van der Waals surface area contributed by atoms with Crippen molar-refractivity contribution < 1.29 is 0 Å². The van der Waals surface area contributed by atoms with Crippen molar-refractivity contribution in [1.29, 1.82) is 0 Å². The van der Waals surface area contributed by atoms with Crippen LogP contribution in [0.3, 0.4) is 0 Å². The summed E-state index contributed by atoms with van der Waals surface area (Å²) in [5.74, 6) is 2.32. The number of aromatic amines is 1. The van der Waals surface area contributed by atoms with Crippen molar-refractivity contribution in [3.63, 3.8) is 0 Å². The molecule has 4 aromatic rings. The predicted molar refractivity (Wildman–Crippen MR) is 108 cm³/mol. The van der Waals surface area contributed by atoms with Crippen LogP contribution in [-0.4, -0.2) is 49.8 Å². The average molecular weight is 372 g/mol. The summed E-state index contributed by atoms with van der Waals surface area (Å²) in [7, 11) is 0. The van der Waals surface area contributed by atoms with E-state index in [0.717, 1.165) is 59.3 Å². The summed E-state index contributed by atoms with van der Waals surface area (Å²) in [6.07, 6.45) is 5.13. The van der Waals surface area contributed by atoms with Crippen LogP contribution >= 0.6 is 0 Å². The van der Waals surface area contributed by atoms with Crippen LogP contribution in [0.15, 0.2) is 49.1 Å². The number of hydrogen-bond donors (Lipinski definition) is 2. The minimum atomic E-state index is 0.544. The number of nitrogens with zero attached hydrogens (tertiary/aromatic N) is 6. The molecule has 2 N–H and O–H groups in total. The molecule has 5 rings (SSSR count). The molecule has 28 heavy (non-hydrogen) atoms. The van der Waals surface area contributed by atoms with E-state index in [2.05, 4.69) is 40.3 Å². The van der Waals surface area contributed by atoms with Gasteiger partial charge in [0, 0.05) is 49.2 Å². The molecule has 5 heterocycles. The van der Waals surface area contributed by atoms with Crippen LogP contribution in [0.5, 0.6) is 0 Å². The number of rotatable bonds is 5. The van der Waals surface area contributed by atoms with E-state index in [1.807, 2.05) is 37.3 Å². The molecule has 0 aliphatic carbocycles. The molecule has 0 atom stereocenters. The molecular weight excluding hydrogens is 352 g/mol. The average Bonchev–Trinajstić information content (AvgIpc) is 3.09. The Labute approximate surface area is 162 Å². The molecule has 4 aromatic heterocycles. The molecule has 1 aliphatic rings. The van der Waals surface area contributed by atoms with Crippen molar-refractivity contribution in [2.75, 3.05) is 29.9 Å². The minimum Gasteiger partial charge on any atom is -0.368 e. The monoisotopic (exact) mass is 372 g/mol. The summed E-state index contributed by atoms with van der Waals surface area (Å²) in [6, 6.07) is 9.94. The Morgan fingerprint density at radius 2 is 1.96 bits per heavy atom. The molecule has 8 nitrogen and oxygen atoms in total. The second kappa shape index (κ2) is 6.88. The zero-order valence-corrected chi connectivity index (χ0v) is 15.5. The third-order valence-electron chi connectivity index (χ3n) is 5.02. The molecule has 0 spiro atoms. The van der Waals surface area contributed by atoms with Gasteiger partial charge in [-0.1, -0.05) is 0 Å². The lowest BCUT2D eigenvalue weighted by Gasteiger charge is -2.40. The van der Waals surface area contributed by atoms with Gasteiger partial charge in [-0.25, -0.2) is 9.97 Å². The summed E-state index contributed by atoms with van der Waals surface area (Å²) in [5, 5.41) is 12.2. The molecule has 0 saturated carbocycles. The van der Waals surface area contributed by atoms with E-state index < -0.39 is 0 Å². The van der Waals surface area contributed by atoms with Gasteiger partial charge >= 0.3 is 0 Å². The van der Waals surface area contributed by atoms with Gasteiger partial charge in [0.25, 0.3) is 0 Å². The second-order valence-corrected chi connectivity index (χ2v) is 7.10. The van der Waals surface area contributed by atoms with E-state index in [1.54, 1.807) is 18.7 Å². The molecule has 140 valence electrons. The highest BCUT2D eigenvalue weighted by Crippen LogP contribution is 2.25. The summed E-state index contributed by atoms with van der Waals surface area (Å²) < 4.78 is 0. The summed E-state index contributed by atoms with van der Waals surface area (Å²) in [6.45, 7) is 4.79. The SMILES string of the molecule is Cc1cc2ncnc(NCC3CN(c4ccc(-c5ccncc5)nn4)C3)c2[nH]1. The number of H-pyrrole nitrogens is 1. The van der Waals surface area contributed by atoms with Crippen LogP contribution in [0.2, 0.25) is 0 Å². The first-order valence-corrected chi connectivity index (χ1v) is 9.29. The van der Waals surface area contributed by atoms with Gasteiger partial charge in [0.2, 0.25) is 0 Å². The second-order valence-electron chi connectivity index (χ2n) is 7.10. The maximum atomic E-state index is 4.38. The van der Waals surface area contributed by atoms with E-state index in [1.165, 1.54) is 0 Å². The van der Waals surface area contributed by atoms with Gasteiger partial charge in [0.05, 0.1) is 11.2 Å². The number of pyridine rings is 1. The van der Waals surface area contributed by atoms with Gasteiger partial charge in [-0.2, -0.15) is 0 Å². The first-order chi connectivity index (χ1) is 13.8. The maximum absolute atomic E-state index is 4.38. The van der Waals surface area contributed by atoms with Gasteiger partial charge < -0.3 is 15.2 Å². The van der Waals surface area contributed by atoms with E-state index in [9.17, 15) is 0 Å². The Kier molecular flexibility index (Phi) is 4.08. The van der Waals surface area contributed by atoms with Crippen LogP contribution < -0.4 is 10.2 Å². The lowest BCUT2D eigenvalue weighted by atomic mass is 10.0. The third kappa shape index (κ3) is 3.13. The Bertz CT molecular complexity index is 1080. The number of hydrogen-bond acceptors (Lipinski definition) is 7. The molecular formula is C20H20N8. The summed E-state index contributed by atoms with van der Waals surface area (Å²) >= 11 is 0. The number of nitrogens with one attached hydrogen (secondary N) is 2. The van der Waals surface area contributed by atoms with Crippen molar-refractivity contribution in [2.24, 2.45) is 5.92 Å². The lowest BCUT2D eigenvalue weighted by Crippen LogP contribution is -2.50. The highest BCUT2D eigenvalue weighted by atomic mass is 15.3. The van der Waals surface area contributed by atoms with Crippen molar-refractivity contribution >= 4 is 22.7 Å². The quantitative estimate of drug-likeness (QED) is 0.556. The molecule has 0 aromatic carbocycles. The molecule has 0 radical (unpaired) electrons. The predicted octanol–water partition coefficient (Wildman–Crippen LogP) is 2.67. The lowest BCUT2D eigenvalue weighted by molar-refractivity contribution is 0.425. The fraction of sp³-hybridized carbons (Fsp3) is 0.250. The van der Waals surface area contributed by atoms with E-state index in [4.69, 9.17) is 0 Å². The van der Waals surface area contributed by atoms with Gasteiger partial charge in [-0.3, -0.25) is 4.98 Å². The van der Waals surface area contributed by atoms with Crippen molar-refractivity contribution in [3.8, 4) is 11.3 Å². The van der Waals surface area contributed by atoms with Gasteiger partial charge in [-0.05, 0) is 37.3 Å². The maximum Gasteiger partial charge on any atom is 0.153 e. The summed E-state index contributed by atoms with van der Waals surface area (Å²) in [5.41, 5.74) is 4.88. The Morgan fingerprint density at radius 1 is 1.11 bits per heavy atom. The topological polar surface area (TPSA) is 95.5 Å². The Balaban J connectivity index is 1.18. The van der Waals surface area contributed by atoms with Crippen molar-refractivity contribution in [1.82, 2.24) is 30.1 Å². The molecule has 8 heteroatoms. The normalized spacial score (nSPS) is 14.2. The highest BCUT2D eigenvalue weighted by Gasteiger charge is 2.28. The highest BCUT2D eigenvalue weighted by molar-refractivity contribution is 5.86. The molecule has 0 amide bonds. The number of aryl methyl sites for hydroxylation is 1. The largest absolute Gasteiger partial charge is 0.368 e. The molecule has 1 aliphatic heterocycles. The van der Waals surface area contributed by atoms with Crippen molar-refractivity contribution in [2.45, 2.75) is 6.92 Å². The van der Waals surface area contributed by atoms with Crippen molar-refractivity contribution in [3.05, 3.63) is 54.7 Å². The van der Waals surface area contributed by atoms with Crippen LogP contribution in [0.1, 0.15) is 5.69 Å². The van der Waals surface area contributed by atoms with Crippen LogP contribution in [0.4, 0.5) is 11.6 Å². The number of aromatic nitrogens is 6. The van der Waals surface area contributed by atoms with Crippen LogP contribution in [0, 0.1) is 12.8 Å². The first-order valence-electron chi connectivity index (χ1n) is 9.29. The van der Waals surface area contributed by atoms with E-state index in [-0.39, 0.29) is 0 Å². The molecule has 1 saturated heterocycles. The smallest absolute Gasteiger partial charge is 0.153 e. The summed E-state index contributed by atoms with van der Waals surface area (Å²) in [4.78, 5) is 18.3. The minimum absolute atomic E-state index is 0.544. The van der Waals surface area contributed by atoms with Crippen LogP contribution in [-0.2, 0) is 0 Å². The standard InChI is InChI=1S/C20H20N8/c1-13-8-17-19(25-13)20(24-12-23-17)22-9-14-10-28(11-14)18-3-2-16(26-27-18)15-4-6-21-7-5-15/h2-8,12,14,25H,9-11H2,1H3,(H,22,23,24). The Morgan fingerprint density at radius 3 is 2.75 bits per heavy atom.